The van der Waals surface area contributed by atoms with Crippen molar-refractivity contribution in [1.29, 1.82) is 5.26 Å². The number of aliphatic carboxylic acids is 1. The van der Waals surface area contributed by atoms with Crippen molar-refractivity contribution in [3.05, 3.63) is 0 Å². The van der Waals surface area contributed by atoms with Crippen LogP contribution in [0.5, 0.6) is 0 Å². The summed E-state index contributed by atoms with van der Waals surface area (Å²) in [6, 6.07) is 2.27. The molecule has 112 valence electrons. The number of thioether (sulfide) groups is 1. The zero-order chi connectivity index (χ0) is 15.0. The van der Waals surface area contributed by atoms with E-state index in [1.54, 1.807) is 6.92 Å². The minimum atomic E-state index is -0.852. The highest BCUT2D eigenvalue weighted by Crippen LogP contribution is 2.26. The van der Waals surface area contributed by atoms with Gasteiger partial charge in [-0.25, -0.2) is 0 Å². The molecule has 0 aromatic heterocycles. The van der Waals surface area contributed by atoms with Gasteiger partial charge in [0.2, 0.25) is 5.91 Å². The van der Waals surface area contributed by atoms with Crippen LogP contribution in [0.4, 0.5) is 0 Å². The van der Waals surface area contributed by atoms with Crippen molar-refractivity contribution in [1.82, 2.24) is 5.32 Å². The third-order valence-electron chi connectivity index (χ3n) is 3.57. The second-order valence-corrected chi connectivity index (χ2v) is 6.44. The summed E-state index contributed by atoms with van der Waals surface area (Å²) in [6.45, 7) is 1.62. The molecule has 0 bridgehead atoms. The van der Waals surface area contributed by atoms with Gasteiger partial charge in [0, 0.05) is 5.75 Å². The molecule has 0 spiro atoms. The molecule has 1 aliphatic rings. The number of nitrogens with one attached hydrogen (secondary N) is 1. The first kappa shape index (κ1) is 16.8. The normalized spacial score (nSPS) is 19.4. The van der Waals surface area contributed by atoms with Crippen LogP contribution in [-0.2, 0) is 9.59 Å². The number of hydrogen-bond donors (Lipinski definition) is 2. The molecule has 1 atom stereocenters. The van der Waals surface area contributed by atoms with Crippen LogP contribution < -0.4 is 5.32 Å². The van der Waals surface area contributed by atoms with Crippen molar-refractivity contribution in [2.24, 2.45) is 5.92 Å². The Morgan fingerprint density at radius 1 is 1.35 bits per heavy atom. The Balaban J connectivity index is 2.39. The number of carbonyl (C=O) groups excluding carboxylic acids is 1. The van der Waals surface area contributed by atoms with Crippen LogP contribution in [0.25, 0.3) is 0 Å². The van der Waals surface area contributed by atoms with Crippen molar-refractivity contribution in [2.75, 3.05) is 11.5 Å². The molecule has 1 unspecified atom stereocenters. The predicted molar refractivity (Wildman–Crippen MR) is 78.3 cm³/mol. The zero-order valence-corrected chi connectivity index (χ0v) is 12.7. The quantitative estimate of drug-likeness (QED) is 0.733. The highest BCUT2D eigenvalue weighted by molar-refractivity contribution is 7.99. The van der Waals surface area contributed by atoms with E-state index < -0.39 is 17.4 Å². The Hall–Kier alpha value is -1.22. The Morgan fingerprint density at radius 2 is 1.95 bits per heavy atom. The van der Waals surface area contributed by atoms with Crippen molar-refractivity contribution in [3.63, 3.8) is 0 Å². The first-order chi connectivity index (χ1) is 9.49. The summed E-state index contributed by atoms with van der Waals surface area (Å²) in [5, 5.41) is 21.0. The third kappa shape index (κ3) is 5.41. The number of carbonyl (C=O) groups is 2. The van der Waals surface area contributed by atoms with Gasteiger partial charge in [0.15, 0.2) is 0 Å². The standard InChI is InChI=1S/C14H22N2O3S/c1-11(13(18)19)8-20-9-12(17)16-14(10-15)6-4-2-3-5-7-14/h11H,2-9H2,1H3,(H,16,17)(H,18,19). The van der Waals surface area contributed by atoms with Gasteiger partial charge in [0.05, 0.1) is 17.7 Å². The number of hydrogen-bond acceptors (Lipinski definition) is 4. The van der Waals surface area contributed by atoms with Crippen LogP contribution in [0.1, 0.15) is 45.4 Å². The summed E-state index contributed by atoms with van der Waals surface area (Å²) in [7, 11) is 0. The number of nitriles is 1. The van der Waals surface area contributed by atoms with Gasteiger partial charge in [-0.05, 0) is 12.8 Å². The van der Waals surface area contributed by atoms with E-state index in [1.165, 1.54) is 11.8 Å². The average Bonchev–Trinajstić information content (AvgIpc) is 2.64. The van der Waals surface area contributed by atoms with E-state index in [0.717, 1.165) is 25.7 Å². The van der Waals surface area contributed by atoms with Crippen LogP contribution in [0.3, 0.4) is 0 Å². The van der Waals surface area contributed by atoms with Gasteiger partial charge in [-0.15, -0.1) is 0 Å². The lowest BCUT2D eigenvalue weighted by Gasteiger charge is -2.26. The fraction of sp³-hybridized carbons (Fsp3) is 0.786. The molecule has 0 aromatic rings. The van der Waals surface area contributed by atoms with Crippen molar-refractivity contribution >= 4 is 23.6 Å². The second-order valence-electron chi connectivity index (χ2n) is 5.41. The smallest absolute Gasteiger partial charge is 0.307 e. The molecule has 0 aliphatic heterocycles. The van der Waals surface area contributed by atoms with Gasteiger partial charge in [0.1, 0.15) is 5.54 Å². The first-order valence-electron chi connectivity index (χ1n) is 7.02. The summed E-state index contributed by atoms with van der Waals surface area (Å²) in [4.78, 5) is 22.6. The number of carboxylic acid groups (broad SMARTS) is 1. The monoisotopic (exact) mass is 298 g/mol. The second kappa shape index (κ2) is 8.15. The van der Waals surface area contributed by atoms with Gasteiger partial charge in [-0.1, -0.05) is 32.6 Å². The largest absolute Gasteiger partial charge is 0.481 e. The van der Waals surface area contributed by atoms with Gasteiger partial charge in [-0.3, -0.25) is 9.59 Å². The summed E-state index contributed by atoms with van der Waals surface area (Å²) in [5.41, 5.74) is -0.716. The van der Waals surface area contributed by atoms with Gasteiger partial charge >= 0.3 is 5.97 Å². The molecule has 2 N–H and O–H groups in total. The topological polar surface area (TPSA) is 90.2 Å². The molecule has 5 nitrogen and oxygen atoms in total. The molecule has 6 heteroatoms. The van der Waals surface area contributed by atoms with E-state index in [0.29, 0.717) is 18.6 Å². The summed E-state index contributed by atoms with van der Waals surface area (Å²) in [6.07, 6.45) is 5.60. The zero-order valence-electron chi connectivity index (χ0n) is 11.9. The number of carboxylic acids is 1. The van der Waals surface area contributed by atoms with Crippen LogP contribution in [0, 0.1) is 17.2 Å². The molecule has 1 saturated carbocycles. The fourth-order valence-corrected chi connectivity index (χ4v) is 3.17. The molecule has 0 radical (unpaired) electrons. The molecule has 1 amide bonds. The number of amides is 1. The molecule has 1 rings (SSSR count). The highest BCUT2D eigenvalue weighted by atomic mass is 32.2. The Labute approximate surface area is 124 Å². The number of rotatable bonds is 6. The maximum absolute atomic E-state index is 11.9. The summed E-state index contributed by atoms with van der Waals surface area (Å²) >= 11 is 1.30. The lowest BCUT2D eigenvalue weighted by molar-refractivity contribution is -0.140. The average molecular weight is 298 g/mol. The number of nitrogens with zero attached hydrogens (tertiary/aromatic N) is 1. The van der Waals surface area contributed by atoms with Crippen molar-refractivity contribution in [2.45, 2.75) is 51.0 Å². The highest BCUT2D eigenvalue weighted by Gasteiger charge is 2.32. The van der Waals surface area contributed by atoms with Crippen molar-refractivity contribution in [3.8, 4) is 6.07 Å². The van der Waals surface area contributed by atoms with Crippen molar-refractivity contribution < 1.29 is 14.7 Å². The van der Waals surface area contributed by atoms with E-state index in [4.69, 9.17) is 5.11 Å². The third-order valence-corrected chi connectivity index (χ3v) is 4.77. The predicted octanol–water partition coefficient (Wildman–Crippen LogP) is 2.17. The minimum absolute atomic E-state index is 0.170. The molecular weight excluding hydrogens is 276 g/mol. The Kier molecular flexibility index (Phi) is 6.86. The van der Waals surface area contributed by atoms with Gasteiger partial charge in [-0.2, -0.15) is 17.0 Å². The van der Waals surface area contributed by atoms with Crippen LogP contribution >= 0.6 is 11.8 Å². The van der Waals surface area contributed by atoms with Gasteiger partial charge < -0.3 is 10.4 Å². The summed E-state index contributed by atoms with van der Waals surface area (Å²) in [5.74, 6) is -0.870. The first-order valence-corrected chi connectivity index (χ1v) is 8.17. The molecule has 1 fully saturated rings. The molecular formula is C14H22N2O3S. The SMILES string of the molecule is CC(CSCC(=O)NC1(C#N)CCCCCC1)C(=O)O. The fourth-order valence-electron chi connectivity index (χ4n) is 2.30. The molecule has 1 aliphatic carbocycles. The summed E-state index contributed by atoms with van der Waals surface area (Å²) < 4.78 is 0. The molecule has 0 saturated heterocycles. The Bertz CT molecular complexity index is 384. The Morgan fingerprint density at radius 3 is 2.45 bits per heavy atom. The van der Waals surface area contributed by atoms with Gasteiger partial charge in [0.25, 0.3) is 0 Å². The van der Waals surface area contributed by atoms with E-state index in [2.05, 4.69) is 11.4 Å². The van der Waals surface area contributed by atoms with Crippen LogP contribution in [-0.4, -0.2) is 34.0 Å². The van der Waals surface area contributed by atoms with E-state index in [1.807, 2.05) is 0 Å². The molecule has 20 heavy (non-hydrogen) atoms. The van der Waals surface area contributed by atoms with Crippen LogP contribution in [0.15, 0.2) is 0 Å². The van der Waals surface area contributed by atoms with E-state index >= 15 is 0 Å². The molecule has 0 heterocycles. The van der Waals surface area contributed by atoms with Crippen LogP contribution in [0.2, 0.25) is 0 Å². The van der Waals surface area contributed by atoms with E-state index in [-0.39, 0.29) is 11.7 Å². The van der Waals surface area contributed by atoms with E-state index in [9.17, 15) is 14.9 Å². The molecule has 0 aromatic carbocycles. The lowest BCUT2D eigenvalue weighted by Crippen LogP contribution is -2.47. The lowest BCUT2D eigenvalue weighted by atomic mass is 9.92. The minimum Gasteiger partial charge on any atom is -0.481 e. The maximum Gasteiger partial charge on any atom is 0.307 e. The maximum atomic E-state index is 11.9.